The molecule has 0 saturated heterocycles. The molecule has 0 bridgehead atoms. The molecule has 0 aromatic heterocycles. The van der Waals surface area contributed by atoms with Gasteiger partial charge in [-0.2, -0.15) is 0 Å². The highest BCUT2D eigenvalue weighted by Crippen LogP contribution is 2.14. The Balaban J connectivity index is 1.86. The quantitative estimate of drug-likeness (QED) is 0.623. The smallest absolute Gasteiger partial charge is 0.251 e. The van der Waals surface area contributed by atoms with Crippen LogP contribution in [-0.2, 0) is 14.8 Å². The van der Waals surface area contributed by atoms with Gasteiger partial charge < -0.3 is 10.6 Å². The summed E-state index contributed by atoms with van der Waals surface area (Å²) in [6, 6.07) is 12.2. The fourth-order valence-electron chi connectivity index (χ4n) is 2.10. The minimum atomic E-state index is -3.71. The number of sulfonamides is 1. The van der Waals surface area contributed by atoms with Crippen molar-refractivity contribution in [3.63, 3.8) is 0 Å². The largest absolute Gasteiger partial charge is 0.351 e. The van der Waals surface area contributed by atoms with E-state index in [0.717, 1.165) is 0 Å². The molecule has 0 aliphatic carbocycles. The molecular weight excluding hydrogens is 378 g/mol. The molecule has 0 spiro atoms. The van der Waals surface area contributed by atoms with Crippen LogP contribution in [0.1, 0.15) is 17.3 Å². The van der Waals surface area contributed by atoms with Crippen LogP contribution in [0, 0.1) is 0 Å². The molecule has 0 aliphatic rings. The van der Waals surface area contributed by atoms with E-state index < -0.39 is 10.0 Å². The number of rotatable bonds is 7. The highest BCUT2D eigenvalue weighted by molar-refractivity contribution is 7.89. The maximum Gasteiger partial charge on any atom is 0.251 e. The second-order valence-electron chi connectivity index (χ2n) is 5.37. The van der Waals surface area contributed by atoms with Gasteiger partial charge in [0.15, 0.2) is 0 Å². The molecule has 0 aliphatic heterocycles. The number of hydrogen-bond acceptors (Lipinski definition) is 4. The number of amides is 2. The first-order valence-electron chi connectivity index (χ1n) is 7.69. The Bertz CT molecular complexity index is 898. The predicted octanol–water partition coefficient (Wildman–Crippen LogP) is 2.01. The van der Waals surface area contributed by atoms with Crippen LogP contribution in [0.2, 0.25) is 5.02 Å². The highest BCUT2D eigenvalue weighted by Gasteiger charge is 2.13. The van der Waals surface area contributed by atoms with Crippen molar-refractivity contribution in [3.05, 3.63) is 59.1 Å². The first-order chi connectivity index (χ1) is 12.3. The monoisotopic (exact) mass is 395 g/mol. The molecular formula is C17H18ClN3O4S. The molecule has 2 amide bonds. The van der Waals surface area contributed by atoms with Gasteiger partial charge in [-0.3, -0.25) is 9.59 Å². The van der Waals surface area contributed by atoms with Gasteiger partial charge in [-0.25, -0.2) is 13.1 Å². The average molecular weight is 396 g/mol. The van der Waals surface area contributed by atoms with Gasteiger partial charge in [0.2, 0.25) is 15.9 Å². The number of benzene rings is 2. The Morgan fingerprint density at radius 3 is 2.35 bits per heavy atom. The van der Waals surface area contributed by atoms with E-state index in [-0.39, 0.29) is 29.8 Å². The van der Waals surface area contributed by atoms with Gasteiger partial charge in [-0.05, 0) is 42.5 Å². The molecule has 2 aromatic carbocycles. The molecule has 7 nitrogen and oxygen atoms in total. The summed E-state index contributed by atoms with van der Waals surface area (Å²) in [5.74, 6) is -0.583. The lowest BCUT2D eigenvalue weighted by Gasteiger charge is -2.09. The van der Waals surface area contributed by atoms with Crippen LogP contribution >= 0.6 is 11.6 Å². The van der Waals surface area contributed by atoms with Crippen molar-refractivity contribution < 1.29 is 18.0 Å². The van der Waals surface area contributed by atoms with E-state index in [1.165, 1.54) is 37.3 Å². The molecule has 3 N–H and O–H groups in total. The molecule has 0 fully saturated rings. The van der Waals surface area contributed by atoms with E-state index >= 15 is 0 Å². The van der Waals surface area contributed by atoms with Crippen molar-refractivity contribution in [1.82, 2.24) is 10.0 Å². The van der Waals surface area contributed by atoms with E-state index in [9.17, 15) is 18.0 Å². The Hall–Kier alpha value is -2.42. The maximum atomic E-state index is 12.2. The van der Waals surface area contributed by atoms with Crippen LogP contribution in [0.25, 0.3) is 0 Å². The van der Waals surface area contributed by atoms with Crippen LogP contribution in [-0.4, -0.2) is 33.3 Å². The van der Waals surface area contributed by atoms with Crippen LogP contribution in [0.15, 0.2) is 53.4 Å². The molecule has 26 heavy (non-hydrogen) atoms. The summed E-state index contributed by atoms with van der Waals surface area (Å²) >= 11 is 5.82. The van der Waals surface area contributed by atoms with Gasteiger partial charge in [-0.1, -0.05) is 17.7 Å². The number of hydrogen-bond donors (Lipinski definition) is 3. The van der Waals surface area contributed by atoms with Gasteiger partial charge in [-0.15, -0.1) is 0 Å². The van der Waals surface area contributed by atoms with Crippen molar-refractivity contribution in [2.24, 2.45) is 0 Å². The Labute approximate surface area is 156 Å². The predicted molar refractivity (Wildman–Crippen MR) is 99.7 cm³/mol. The molecule has 138 valence electrons. The lowest BCUT2D eigenvalue weighted by molar-refractivity contribution is -0.114. The highest BCUT2D eigenvalue weighted by atomic mass is 35.5. The van der Waals surface area contributed by atoms with Gasteiger partial charge in [0.05, 0.1) is 4.90 Å². The molecule has 9 heteroatoms. The maximum absolute atomic E-state index is 12.2. The average Bonchev–Trinajstić information content (AvgIpc) is 2.58. The summed E-state index contributed by atoms with van der Waals surface area (Å²) in [7, 11) is -3.71. The summed E-state index contributed by atoms with van der Waals surface area (Å²) in [4.78, 5) is 23.0. The third-order valence-electron chi connectivity index (χ3n) is 3.27. The minimum Gasteiger partial charge on any atom is -0.351 e. The van der Waals surface area contributed by atoms with Gasteiger partial charge in [0.1, 0.15) is 0 Å². The minimum absolute atomic E-state index is 0.0298. The SMILES string of the molecule is CC(=O)Nc1ccc(S(=O)(=O)NCCNC(=O)c2cccc(Cl)c2)cc1. The zero-order valence-corrected chi connectivity index (χ0v) is 15.5. The van der Waals surface area contributed by atoms with Crippen molar-refractivity contribution in [2.75, 3.05) is 18.4 Å². The molecule has 0 saturated carbocycles. The summed E-state index contributed by atoms with van der Waals surface area (Å²) < 4.78 is 26.8. The van der Waals surface area contributed by atoms with E-state index in [4.69, 9.17) is 11.6 Å². The topological polar surface area (TPSA) is 104 Å². The Morgan fingerprint density at radius 1 is 1.04 bits per heavy atom. The first kappa shape index (κ1) is 19.9. The van der Waals surface area contributed by atoms with Crippen molar-refractivity contribution >= 4 is 39.1 Å². The number of carbonyl (C=O) groups excluding carboxylic acids is 2. The fourth-order valence-corrected chi connectivity index (χ4v) is 3.32. The van der Waals surface area contributed by atoms with Crippen LogP contribution < -0.4 is 15.4 Å². The molecule has 2 rings (SSSR count). The summed E-state index contributed by atoms with van der Waals surface area (Å²) in [6.07, 6.45) is 0. The third kappa shape index (κ3) is 5.83. The van der Waals surface area contributed by atoms with Crippen molar-refractivity contribution in [2.45, 2.75) is 11.8 Å². The molecule has 2 aromatic rings. The number of anilines is 1. The molecule has 0 atom stereocenters. The molecule has 0 radical (unpaired) electrons. The Kier molecular flexibility index (Phi) is 6.73. The number of nitrogens with one attached hydrogen (secondary N) is 3. The first-order valence-corrected chi connectivity index (χ1v) is 9.55. The lowest BCUT2D eigenvalue weighted by Crippen LogP contribution is -2.34. The van der Waals surface area contributed by atoms with Crippen molar-refractivity contribution in [3.8, 4) is 0 Å². The van der Waals surface area contributed by atoms with E-state index in [0.29, 0.717) is 16.3 Å². The van der Waals surface area contributed by atoms with E-state index in [1.807, 2.05) is 0 Å². The van der Waals surface area contributed by atoms with Crippen molar-refractivity contribution in [1.29, 1.82) is 0 Å². The molecule has 0 heterocycles. The zero-order valence-electron chi connectivity index (χ0n) is 14.0. The number of halogens is 1. The van der Waals surface area contributed by atoms with Crippen LogP contribution in [0.4, 0.5) is 5.69 Å². The fraction of sp³-hybridized carbons (Fsp3) is 0.176. The summed E-state index contributed by atoms with van der Waals surface area (Å²) in [6.45, 7) is 1.51. The Morgan fingerprint density at radius 2 is 1.73 bits per heavy atom. The second kappa shape index (κ2) is 8.79. The van der Waals surface area contributed by atoms with E-state index in [2.05, 4.69) is 15.4 Å². The van der Waals surface area contributed by atoms with Crippen LogP contribution in [0.3, 0.4) is 0 Å². The van der Waals surface area contributed by atoms with Gasteiger partial charge in [0, 0.05) is 36.3 Å². The van der Waals surface area contributed by atoms with E-state index in [1.54, 1.807) is 18.2 Å². The second-order valence-corrected chi connectivity index (χ2v) is 7.57. The standard InChI is InChI=1S/C17H18ClN3O4S/c1-12(22)21-15-5-7-16(8-6-15)26(24,25)20-10-9-19-17(23)13-3-2-4-14(18)11-13/h2-8,11,20H,9-10H2,1H3,(H,19,23)(H,21,22). The third-order valence-corrected chi connectivity index (χ3v) is 4.99. The lowest BCUT2D eigenvalue weighted by atomic mass is 10.2. The normalized spacial score (nSPS) is 11.0. The summed E-state index contributed by atoms with van der Waals surface area (Å²) in [5, 5.41) is 5.61. The summed E-state index contributed by atoms with van der Waals surface area (Å²) in [5.41, 5.74) is 0.902. The van der Waals surface area contributed by atoms with Crippen LogP contribution in [0.5, 0.6) is 0 Å². The zero-order chi connectivity index (χ0) is 19.2. The molecule has 0 unspecified atom stereocenters. The van der Waals surface area contributed by atoms with Gasteiger partial charge >= 0.3 is 0 Å². The number of carbonyl (C=O) groups is 2. The van der Waals surface area contributed by atoms with Gasteiger partial charge in [0.25, 0.3) is 5.91 Å².